The fourth-order valence-corrected chi connectivity index (χ4v) is 20.2. The Balaban J connectivity index is 0.000000129. The quantitative estimate of drug-likeness (QED) is 0.0206. The van der Waals surface area contributed by atoms with Gasteiger partial charge in [-0.1, -0.05) is 24.3 Å². The molecule has 0 bridgehead atoms. The summed E-state index contributed by atoms with van der Waals surface area (Å²) in [4.78, 5) is 129. The van der Waals surface area contributed by atoms with E-state index in [-0.39, 0.29) is 71.3 Å². The van der Waals surface area contributed by atoms with Crippen molar-refractivity contribution in [2.75, 3.05) is 119 Å². The van der Waals surface area contributed by atoms with Crippen molar-refractivity contribution in [2.24, 2.45) is 0 Å². The third-order valence-corrected chi connectivity index (χ3v) is 27.6. The number of amides is 10. The molecule has 12 aromatic rings. The molecule has 20 rings (SSSR count). The lowest BCUT2D eigenvalue weighted by molar-refractivity contribution is -0.135. The number of furan rings is 4. The molecule has 8 aliphatic heterocycles. The minimum absolute atomic E-state index is 0.212. The Morgan fingerprint density at radius 1 is 0.321 bits per heavy atom. The van der Waals surface area contributed by atoms with Crippen molar-refractivity contribution in [3.8, 4) is 23.0 Å². The average Bonchev–Trinajstić information content (AvgIpc) is 1.61. The number of carbonyl (C=O) groups is 10. The zero-order valence-corrected chi connectivity index (χ0v) is 81.1. The van der Waals surface area contributed by atoms with Gasteiger partial charge in [0.15, 0.2) is 0 Å². The minimum atomic E-state index is -0.480. The number of hydrogen-bond donors (Lipinski definition) is 8. The van der Waals surface area contributed by atoms with Crippen LogP contribution >= 0.6 is 0 Å². The molecule has 8 N–H and O–H groups in total. The van der Waals surface area contributed by atoms with Gasteiger partial charge < -0.3 is 87.0 Å². The van der Waals surface area contributed by atoms with Crippen molar-refractivity contribution in [2.45, 2.75) is 203 Å². The van der Waals surface area contributed by atoms with Crippen LogP contribution in [0.3, 0.4) is 0 Å². The normalized spacial score (nSPS) is 19.9. The fraction of sp³-hybridized carbons (Fsp3) is 0.463. The lowest BCUT2D eigenvalue weighted by atomic mass is 9.89. The molecule has 8 fully saturated rings. The average molecular weight is 1910 g/mol. The molecule has 8 aromatic carbocycles. The maximum Gasteiger partial charge on any atom is 0.410 e. The Morgan fingerprint density at radius 2 is 0.550 bits per heavy atom. The Bertz CT molecular complexity index is 6160. The highest BCUT2D eigenvalue weighted by Gasteiger charge is 2.38. The molecule has 8 aliphatic rings. The molecule has 0 spiro atoms. The molecule has 740 valence electrons. The molecule has 32 heteroatoms. The predicted octanol–water partition coefficient (Wildman–Crippen LogP) is 15.3. The molecule has 4 aromatic heterocycles. The number of benzene rings is 8. The SMILES string of the molecule is CC(C)(C)OC(=O)N1CCC(NCCOc2ccc3c(ccc4occ([C@@H]5CCC(=O)NC5=O)c43)c2)CC1.CC(C)(C)OC(=O)N1CCC(NCCOc2ccc3c(ccc4occ([C@H]5CCC(=O)NC5=O)c43)c2)CC1.CN1CCC(NCCOc2ccc3c(ccc4occ([C@@H]5CCC(=O)NC5=O)c43)c2)CC1.CN1CCC(NCCOc2ccc3c(ccc4occ([C@H]5CCC(=O)NC5=O)c43)c2)CC1. The summed E-state index contributed by atoms with van der Waals surface area (Å²) in [5.74, 6) is -0.304. The molecule has 8 saturated heterocycles. The maximum atomic E-state index is 12.5. The lowest BCUT2D eigenvalue weighted by Crippen LogP contribution is -2.47. The number of nitrogens with zero attached hydrogens (tertiary/aromatic N) is 4. The number of hydrogen-bond acceptors (Lipinski definition) is 26. The minimum Gasteiger partial charge on any atom is -0.492 e. The molecule has 10 amide bonds. The van der Waals surface area contributed by atoms with Crippen LogP contribution in [-0.2, 0) is 47.8 Å². The molecular formula is C108H128N12O20. The number of piperidine rings is 8. The van der Waals surface area contributed by atoms with E-state index in [1.54, 1.807) is 34.9 Å². The van der Waals surface area contributed by atoms with E-state index in [1.165, 1.54) is 25.7 Å². The third-order valence-electron chi connectivity index (χ3n) is 27.6. The smallest absolute Gasteiger partial charge is 0.410 e. The zero-order chi connectivity index (χ0) is 97.9. The standard InChI is InChI=1S/2C29H35N3O6.2C25H29N3O4/c2*1-29(2,3)38-28(35)32-13-10-19(11-14-32)30-12-15-36-20-5-6-21-18(16-20)4-8-24-26(21)23(17-37-24)22-7-9-25(33)31-27(22)34;2*1-28-11-8-17(9-12-28)26-10-13-31-18-3-4-19-16(14-18)2-6-22-24(19)21(15-32-22)20-5-7-23(29)27-25(20)30/h2*4-6,8,16-17,19,22,30H,7,9-15H2,1-3H3,(H,31,33,34);2*2-4,6,14-15,17,20,26H,5,7-13H2,1H3,(H,27,29,30)/t2*22-;2*20-/m1010/s1. The first-order valence-electron chi connectivity index (χ1n) is 49.4. The lowest BCUT2D eigenvalue weighted by Gasteiger charge is -2.33. The second kappa shape index (κ2) is 44.2. The summed E-state index contributed by atoms with van der Waals surface area (Å²) in [6.45, 7) is 23.9. The van der Waals surface area contributed by atoms with Crippen molar-refractivity contribution in [1.82, 2.24) is 62.1 Å². The number of likely N-dealkylation sites (tertiary alicyclic amines) is 4. The van der Waals surface area contributed by atoms with Gasteiger partial charge in [0.2, 0.25) is 47.3 Å². The van der Waals surface area contributed by atoms with Crippen molar-refractivity contribution >= 4 is 146 Å². The van der Waals surface area contributed by atoms with Gasteiger partial charge in [-0.25, -0.2) is 9.59 Å². The molecule has 0 unspecified atom stereocenters. The first kappa shape index (κ1) is 98.6. The van der Waals surface area contributed by atoms with Crippen LogP contribution in [0.5, 0.6) is 23.0 Å². The van der Waals surface area contributed by atoms with Crippen LogP contribution in [0.1, 0.15) is 190 Å². The van der Waals surface area contributed by atoms with Crippen molar-refractivity contribution in [1.29, 1.82) is 0 Å². The van der Waals surface area contributed by atoms with Gasteiger partial charge in [0, 0.05) is 146 Å². The summed E-state index contributed by atoms with van der Waals surface area (Å²) in [6, 6.07) is 41.4. The molecule has 140 heavy (non-hydrogen) atoms. The Labute approximate surface area is 812 Å². The summed E-state index contributed by atoms with van der Waals surface area (Å²) < 4.78 is 58.0. The zero-order valence-electron chi connectivity index (χ0n) is 81.1. The van der Waals surface area contributed by atoms with E-state index in [9.17, 15) is 47.9 Å². The predicted molar refractivity (Wildman–Crippen MR) is 532 cm³/mol. The van der Waals surface area contributed by atoms with E-state index in [4.69, 9.17) is 46.1 Å². The number of rotatable bonds is 24. The summed E-state index contributed by atoms with van der Waals surface area (Å²) in [5, 5.41) is 35.8. The summed E-state index contributed by atoms with van der Waals surface area (Å²) in [5.41, 5.74) is 5.26. The Morgan fingerprint density at radius 3 is 0.771 bits per heavy atom. The van der Waals surface area contributed by atoms with Crippen molar-refractivity contribution in [3.63, 3.8) is 0 Å². The van der Waals surface area contributed by atoms with Gasteiger partial charge in [0.25, 0.3) is 0 Å². The van der Waals surface area contributed by atoms with Crippen LogP contribution < -0.4 is 61.5 Å². The molecule has 4 atom stereocenters. The molecule has 32 nitrogen and oxygen atoms in total. The van der Waals surface area contributed by atoms with Gasteiger partial charge in [0.1, 0.15) is 83.0 Å². The highest BCUT2D eigenvalue weighted by Crippen LogP contribution is 2.44. The van der Waals surface area contributed by atoms with Crippen LogP contribution in [0.2, 0.25) is 0 Å². The van der Waals surface area contributed by atoms with Crippen molar-refractivity contribution < 1.29 is 94.0 Å². The van der Waals surface area contributed by atoms with E-state index < -0.39 is 23.0 Å². The van der Waals surface area contributed by atoms with E-state index in [2.05, 4.69) is 66.4 Å². The van der Waals surface area contributed by atoms with Gasteiger partial charge in [-0.15, -0.1) is 0 Å². The van der Waals surface area contributed by atoms with Crippen LogP contribution in [-0.4, -0.2) is 233 Å². The fourth-order valence-electron chi connectivity index (χ4n) is 20.2. The van der Waals surface area contributed by atoms with Gasteiger partial charge in [-0.2, -0.15) is 0 Å². The second-order valence-corrected chi connectivity index (χ2v) is 39.9. The van der Waals surface area contributed by atoms with Crippen LogP contribution in [0.4, 0.5) is 9.59 Å². The number of fused-ring (bicyclic) bond motifs is 12. The monoisotopic (exact) mass is 1910 g/mol. The summed E-state index contributed by atoms with van der Waals surface area (Å²) in [6.07, 6.45) is 17.6. The third kappa shape index (κ3) is 24.3. The molecular weight excluding hydrogens is 1790 g/mol. The van der Waals surface area contributed by atoms with Crippen LogP contribution in [0.15, 0.2) is 164 Å². The topological polar surface area (TPSA) is 388 Å². The van der Waals surface area contributed by atoms with Gasteiger partial charge in [0.05, 0.1) is 48.7 Å². The first-order valence-corrected chi connectivity index (χ1v) is 49.4. The molecule has 12 heterocycles. The molecule has 0 radical (unpaired) electrons. The van der Waals surface area contributed by atoms with Gasteiger partial charge in [-0.3, -0.25) is 59.6 Å². The number of ether oxygens (including phenoxy) is 6. The molecule has 0 saturated carbocycles. The largest absolute Gasteiger partial charge is 0.492 e. The number of carbonyl (C=O) groups excluding carboxylic acids is 10. The van der Waals surface area contributed by atoms with E-state index in [0.29, 0.717) is 152 Å². The van der Waals surface area contributed by atoms with E-state index in [0.717, 1.165) is 186 Å². The Kier molecular flexibility index (Phi) is 31.2. The van der Waals surface area contributed by atoms with E-state index in [1.807, 2.05) is 163 Å². The van der Waals surface area contributed by atoms with Gasteiger partial charge >= 0.3 is 12.2 Å². The first-order chi connectivity index (χ1) is 67.5. The van der Waals surface area contributed by atoms with Crippen LogP contribution in [0.25, 0.3) is 87.0 Å². The van der Waals surface area contributed by atoms with Crippen LogP contribution in [0, 0.1) is 0 Å². The summed E-state index contributed by atoms with van der Waals surface area (Å²) in [7, 11) is 4.34. The molecule has 0 aliphatic carbocycles. The number of nitrogens with one attached hydrogen (secondary N) is 8. The highest BCUT2D eigenvalue weighted by atomic mass is 16.6. The number of imide groups is 4. The Hall–Kier alpha value is -13.0. The van der Waals surface area contributed by atoms with Gasteiger partial charge in [-0.05, 0) is 299 Å². The maximum absolute atomic E-state index is 12.5. The summed E-state index contributed by atoms with van der Waals surface area (Å²) >= 11 is 0. The highest BCUT2D eigenvalue weighted by molar-refractivity contribution is 6.15. The second-order valence-electron chi connectivity index (χ2n) is 39.9. The van der Waals surface area contributed by atoms with E-state index >= 15 is 0 Å². The van der Waals surface area contributed by atoms with Crippen molar-refractivity contribution in [3.05, 3.63) is 169 Å².